The number of carbonyl (C=O) groups excluding carboxylic acids is 3. The summed E-state index contributed by atoms with van der Waals surface area (Å²) >= 11 is 0. The zero-order chi connectivity index (χ0) is 32.7. The third-order valence-corrected chi connectivity index (χ3v) is 10.9. The van der Waals surface area contributed by atoms with Crippen LogP contribution in [0.5, 0.6) is 0 Å². The maximum absolute atomic E-state index is 14.5. The molecule has 5 atom stereocenters. The molecule has 0 saturated heterocycles. The minimum atomic E-state index is -0.307. The number of Topliss-reactive ketones (excluding diaryl/α,β-unsaturated/α-hetero) is 3. The van der Waals surface area contributed by atoms with Crippen molar-refractivity contribution in [2.24, 2.45) is 46.3 Å². The maximum Gasteiger partial charge on any atom is 0.158 e. The monoisotopic (exact) mass is 600 g/mol. The van der Waals surface area contributed by atoms with Gasteiger partial charge in [-0.25, -0.2) is 0 Å². The first kappa shape index (κ1) is 35.9. The van der Waals surface area contributed by atoms with Gasteiger partial charge in [0.15, 0.2) is 5.78 Å². The predicted molar refractivity (Wildman–Crippen MR) is 184 cm³/mol. The van der Waals surface area contributed by atoms with Gasteiger partial charge in [0, 0.05) is 31.1 Å². The highest BCUT2D eigenvalue weighted by molar-refractivity contribution is 5.97. The van der Waals surface area contributed by atoms with Crippen LogP contribution in [0, 0.1) is 46.3 Å². The Hall–Kier alpha value is -2.55. The van der Waals surface area contributed by atoms with Crippen molar-refractivity contribution in [3.05, 3.63) is 72.9 Å². The Morgan fingerprint density at radius 1 is 0.932 bits per heavy atom. The first-order chi connectivity index (χ1) is 20.7. The fourth-order valence-electron chi connectivity index (χ4n) is 8.30. The second-order valence-corrected chi connectivity index (χ2v) is 15.6. The average Bonchev–Trinajstić information content (AvgIpc) is 3.28. The zero-order valence-corrected chi connectivity index (χ0v) is 28.8. The first-order valence-electron chi connectivity index (χ1n) is 17.3. The van der Waals surface area contributed by atoms with E-state index in [2.05, 4.69) is 85.5 Å². The maximum atomic E-state index is 14.5. The molecule has 3 heteroatoms. The molecule has 1 aromatic rings. The molecule has 44 heavy (non-hydrogen) atoms. The molecule has 3 unspecified atom stereocenters. The summed E-state index contributed by atoms with van der Waals surface area (Å²) in [5, 5.41) is 0. The smallest absolute Gasteiger partial charge is 0.158 e. The van der Waals surface area contributed by atoms with Crippen molar-refractivity contribution in [1.82, 2.24) is 0 Å². The third kappa shape index (κ3) is 9.24. The Morgan fingerprint density at radius 3 is 2.05 bits per heavy atom. The van der Waals surface area contributed by atoms with E-state index in [0.29, 0.717) is 43.1 Å². The fraction of sp³-hybridized carbons (Fsp3) is 0.634. The molecule has 0 radical (unpaired) electrons. The van der Waals surface area contributed by atoms with E-state index in [9.17, 15) is 14.4 Å². The largest absolute Gasteiger partial charge is 0.299 e. The highest BCUT2D eigenvalue weighted by Gasteiger charge is 2.61. The summed E-state index contributed by atoms with van der Waals surface area (Å²) in [4.78, 5) is 41.8. The summed E-state index contributed by atoms with van der Waals surface area (Å²) in [6.07, 6.45) is 12.5. The predicted octanol–water partition coefficient (Wildman–Crippen LogP) is 10.1. The van der Waals surface area contributed by atoms with Crippen molar-refractivity contribution in [3.63, 3.8) is 0 Å². The summed E-state index contributed by atoms with van der Waals surface area (Å²) < 4.78 is 0. The highest BCUT2D eigenvalue weighted by atomic mass is 16.1. The molecule has 2 aliphatic carbocycles. The van der Waals surface area contributed by atoms with E-state index >= 15 is 0 Å². The van der Waals surface area contributed by atoms with Crippen molar-refractivity contribution in [2.45, 2.75) is 119 Å². The van der Waals surface area contributed by atoms with Crippen molar-refractivity contribution in [1.29, 1.82) is 0 Å². The average molecular weight is 601 g/mol. The van der Waals surface area contributed by atoms with Crippen molar-refractivity contribution in [3.8, 4) is 0 Å². The van der Waals surface area contributed by atoms with E-state index in [1.165, 1.54) is 11.1 Å². The topological polar surface area (TPSA) is 51.2 Å². The molecule has 0 bridgehead atoms. The highest BCUT2D eigenvalue weighted by Crippen LogP contribution is 2.64. The molecule has 0 amide bonds. The SMILES string of the molecule is C=CCCC(=O)C(=C)[C@@H](CCC=C)CC(=O)C(CC(=O)[C@@H](CCCC(C)(C)C)C1Cc2ccccc2C1)C1C(CC)C1(C)C. The molecule has 0 aliphatic heterocycles. The van der Waals surface area contributed by atoms with Gasteiger partial charge in [0.25, 0.3) is 0 Å². The van der Waals surface area contributed by atoms with Gasteiger partial charge in [-0.3, -0.25) is 14.4 Å². The molecule has 0 heterocycles. The lowest BCUT2D eigenvalue weighted by Crippen LogP contribution is -2.31. The molecule has 0 N–H and O–H groups in total. The fourth-order valence-corrected chi connectivity index (χ4v) is 8.30. The lowest BCUT2D eigenvalue weighted by atomic mass is 9.75. The van der Waals surface area contributed by atoms with Crippen LogP contribution in [-0.2, 0) is 27.2 Å². The third-order valence-electron chi connectivity index (χ3n) is 10.9. The Bertz CT molecular complexity index is 1170. The minimum Gasteiger partial charge on any atom is -0.299 e. The van der Waals surface area contributed by atoms with Gasteiger partial charge in [-0.05, 0) is 96.1 Å². The Labute approximate surface area is 269 Å². The Balaban J connectivity index is 1.86. The van der Waals surface area contributed by atoms with Crippen molar-refractivity contribution in [2.75, 3.05) is 0 Å². The van der Waals surface area contributed by atoms with Crippen LogP contribution >= 0.6 is 0 Å². The van der Waals surface area contributed by atoms with Crippen LogP contribution in [0.2, 0.25) is 0 Å². The van der Waals surface area contributed by atoms with Crippen LogP contribution in [0.4, 0.5) is 0 Å². The van der Waals surface area contributed by atoms with E-state index in [1.807, 2.05) is 6.08 Å². The number of ketones is 3. The molecular formula is C41H60O3. The van der Waals surface area contributed by atoms with Crippen molar-refractivity contribution < 1.29 is 14.4 Å². The van der Waals surface area contributed by atoms with Gasteiger partial charge >= 0.3 is 0 Å². The van der Waals surface area contributed by atoms with Gasteiger partial charge in [-0.1, -0.05) is 97.4 Å². The van der Waals surface area contributed by atoms with E-state index in [0.717, 1.165) is 44.9 Å². The second-order valence-electron chi connectivity index (χ2n) is 15.6. The number of hydrogen-bond acceptors (Lipinski definition) is 3. The molecule has 3 rings (SSSR count). The zero-order valence-electron chi connectivity index (χ0n) is 28.8. The molecule has 1 saturated carbocycles. The van der Waals surface area contributed by atoms with E-state index in [-0.39, 0.29) is 58.3 Å². The quantitative estimate of drug-likeness (QED) is 0.111. The van der Waals surface area contributed by atoms with Crippen LogP contribution in [-0.4, -0.2) is 17.3 Å². The standard InChI is InChI=1S/C41H60O3/c1-10-13-18-29(28(4)36(42)22-14-11-2)26-37(43)34(39-35(12-3)41(39,8)9)27-38(44)33(21-17-23-40(5,6)7)32-24-30-19-15-16-20-31(30)25-32/h10-11,15-16,19-20,29,32-35,39H,1-2,4,12-14,17-18,21-27H2,3,5-9H3/t29-,33-,34?,35?,39?/m0/s1. The molecule has 0 aromatic heterocycles. The van der Waals surface area contributed by atoms with Crippen LogP contribution in [0.1, 0.15) is 117 Å². The summed E-state index contributed by atoms with van der Waals surface area (Å²) in [5.41, 5.74) is 3.55. The van der Waals surface area contributed by atoms with Crippen LogP contribution in [0.3, 0.4) is 0 Å². The number of rotatable bonds is 20. The van der Waals surface area contributed by atoms with Crippen LogP contribution in [0.15, 0.2) is 61.7 Å². The molecule has 1 fully saturated rings. The van der Waals surface area contributed by atoms with Gasteiger partial charge in [0.05, 0.1) is 0 Å². The number of benzene rings is 1. The molecule has 2 aliphatic rings. The number of allylic oxidation sites excluding steroid dienone is 3. The van der Waals surface area contributed by atoms with Gasteiger partial charge < -0.3 is 0 Å². The van der Waals surface area contributed by atoms with Gasteiger partial charge in [-0.15, -0.1) is 13.2 Å². The van der Waals surface area contributed by atoms with Crippen LogP contribution < -0.4 is 0 Å². The summed E-state index contributed by atoms with van der Waals surface area (Å²) in [7, 11) is 0. The summed E-state index contributed by atoms with van der Waals surface area (Å²) in [6, 6.07) is 8.63. The lowest BCUT2D eigenvalue weighted by Gasteiger charge is -2.27. The lowest BCUT2D eigenvalue weighted by molar-refractivity contribution is -0.132. The number of hydrogen-bond donors (Lipinski definition) is 0. The molecule has 0 spiro atoms. The Kier molecular flexibility index (Phi) is 12.8. The van der Waals surface area contributed by atoms with E-state index in [4.69, 9.17) is 0 Å². The molecule has 3 nitrogen and oxygen atoms in total. The van der Waals surface area contributed by atoms with E-state index in [1.54, 1.807) is 6.08 Å². The second kappa shape index (κ2) is 15.6. The minimum absolute atomic E-state index is 0.0114. The van der Waals surface area contributed by atoms with Gasteiger partial charge in [-0.2, -0.15) is 0 Å². The molecule has 1 aromatic carbocycles. The van der Waals surface area contributed by atoms with Gasteiger partial charge in [0.2, 0.25) is 0 Å². The van der Waals surface area contributed by atoms with Gasteiger partial charge in [0.1, 0.15) is 11.6 Å². The summed E-state index contributed by atoms with van der Waals surface area (Å²) in [6.45, 7) is 25.3. The van der Waals surface area contributed by atoms with Crippen molar-refractivity contribution >= 4 is 17.3 Å². The molecular weight excluding hydrogens is 540 g/mol. The van der Waals surface area contributed by atoms with E-state index < -0.39 is 0 Å². The molecule has 242 valence electrons. The number of fused-ring (bicyclic) bond motifs is 1. The normalized spacial score (nSPS) is 21.1. The number of carbonyl (C=O) groups is 3. The summed E-state index contributed by atoms with van der Waals surface area (Å²) in [5.74, 6) is 0.799. The Morgan fingerprint density at radius 2 is 1.52 bits per heavy atom. The first-order valence-corrected chi connectivity index (χ1v) is 17.3. The van der Waals surface area contributed by atoms with Crippen LogP contribution in [0.25, 0.3) is 0 Å².